The van der Waals surface area contributed by atoms with Crippen molar-refractivity contribution in [1.82, 2.24) is 10.6 Å². The number of rotatable bonds is 3. The number of amides is 2. The minimum atomic E-state index is -2.94. The average Bonchev–Trinajstić information content (AvgIpc) is 2.44. The van der Waals surface area contributed by atoms with Gasteiger partial charge in [0.25, 0.3) is 0 Å². The Balaban J connectivity index is 2.31. The topological polar surface area (TPSA) is 75.3 Å². The van der Waals surface area contributed by atoms with Gasteiger partial charge in [0.15, 0.2) is 9.84 Å². The fraction of sp³-hybridized carbons (Fsp3) is 0.700. The van der Waals surface area contributed by atoms with Crippen molar-refractivity contribution in [2.24, 2.45) is 5.92 Å². The molecule has 0 bridgehead atoms. The SMILES string of the molecule is CC(C)/C=C/NC(=O)NC1CCS(=O)(=O)C1. The van der Waals surface area contributed by atoms with Crippen LogP contribution in [-0.2, 0) is 9.84 Å². The zero-order valence-electron chi connectivity index (χ0n) is 9.56. The summed E-state index contributed by atoms with van der Waals surface area (Å²) in [6.45, 7) is 4.00. The normalized spacial score (nSPS) is 23.8. The van der Waals surface area contributed by atoms with Gasteiger partial charge in [0.2, 0.25) is 0 Å². The molecule has 5 nitrogen and oxygen atoms in total. The second-order valence-electron chi connectivity index (χ2n) is 4.32. The highest BCUT2D eigenvalue weighted by Crippen LogP contribution is 2.10. The molecule has 0 radical (unpaired) electrons. The first-order valence-electron chi connectivity index (χ1n) is 5.33. The third kappa shape index (κ3) is 4.65. The van der Waals surface area contributed by atoms with Crippen LogP contribution in [0.25, 0.3) is 0 Å². The van der Waals surface area contributed by atoms with Gasteiger partial charge in [-0.3, -0.25) is 0 Å². The van der Waals surface area contributed by atoms with Gasteiger partial charge in [-0.05, 0) is 12.3 Å². The van der Waals surface area contributed by atoms with Gasteiger partial charge in [-0.1, -0.05) is 19.9 Å². The molecule has 1 atom stereocenters. The molecule has 16 heavy (non-hydrogen) atoms. The molecule has 1 unspecified atom stereocenters. The molecule has 1 rings (SSSR count). The van der Waals surface area contributed by atoms with Gasteiger partial charge in [-0.2, -0.15) is 0 Å². The fourth-order valence-corrected chi connectivity index (χ4v) is 3.13. The molecule has 92 valence electrons. The van der Waals surface area contributed by atoms with E-state index in [-0.39, 0.29) is 23.6 Å². The van der Waals surface area contributed by atoms with E-state index in [4.69, 9.17) is 0 Å². The van der Waals surface area contributed by atoms with Crippen molar-refractivity contribution in [2.45, 2.75) is 26.3 Å². The first-order chi connectivity index (χ1) is 7.39. The number of hydrogen-bond donors (Lipinski definition) is 2. The minimum Gasteiger partial charge on any atom is -0.334 e. The van der Waals surface area contributed by atoms with E-state index in [0.717, 1.165) is 0 Å². The van der Waals surface area contributed by atoms with Crippen molar-refractivity contribution in [3.63, 3.8) is 0 Å². The average molecular weight is 246 g/mol. The first-order valence-corrected chi connectivity index (χ1v) is 7.15. The zero-order chi connectivity index (χ0) is 12.2. The monoisotopic (exact) mass is 246 g/mol. The van der Waals surface area contributed by atoms with Crippen LogP contribution >= 0.6 is 0 Å². The van der Waals surface area contributed by atoms with E-state index in [1.165, 1.54) is 0 Å². The molecular weight excluding hydrogens is 228 g/mol. The molecule has 1 saturated heterocycles. The Morgan fingerprint density at radius 1 is 1.44 bits per heavy atom. The summed E-state index contributed by atoms with van der Waals surface area (Å²) in [5.41, 5.74) is 0. The summed E-state index contributed by atoms with van der Waals surface area (Å²) in [4.78, 5) is 11.3. The Bertz CT molecular complexity index is 374. The van der Waals surface area contributed by atoms with E-state index < -0.39 is 9.84 Å². The van der Waals surface area contributed by atoms with Crippen LogP contribution in [0.4, 0.5) is 4.79 Å². The molecule has 2 N–H and O–H groups in total. The summed E-state index contributed by atoms with van der Waals surface area (Å²) >= 11 is 0. The fourth-order valence-electron chi connectivity index (χ4n) is 1.45. The summed E-state index contributed by atoms with van der Waals surface area (Å²) < 4.78 is 22.3. The maximum atomic E-state index is 11.3. The molecular formula is C10H18N2O3S. The lowest BCUT2D eigenvalue weighted by atomic mass is 10.2. The summed E-state index contributed by atoms with van der Waals surface area (Å²) in [6.07, 6.45) is 3.93. The maximum Gasteiger partial charge on any atom is 0.318 e. The Labute approximate surface area is 96.2 Å². The number of sulfone groups is 1. The molecule has 0 spiro atoms. The van der Waals surface area contributed by atoms with E-state index in [9.17, 15) is 13.2 Å². The lowest BCUT2D eigenvalue weighted by Gasteiger charge is -2.09. The standard InChI is InChI=1S/C10H18N2O3S/c1-8(2)3-5-11-10(13)12-9-4-6-16(14,15)7-9/h3,5,8-9H,4,6-7H2,1-2H3,(H2,11,12,13)/b5-3+. The second kappa shape index (κ2) is 5.34. The summed E-state index contributed by atoms with van der Waals surface area (Å²) in [5.74, 6) is 0.584. The van der Waals surface area contributed by atoms with Crippen molar-refractivity contribution in [3.8, 4) is 0 Å². The highest BCUT2D eigenvalue weighted by Gasteiger charge is 2.28. The number of nitrogens with one attached hydrogen (secondary N) is 2. The minimum absolute atomic E-state index is 0.0499. The van der Waals surface area contributed by atoms with Crippen LogP contribution in [0.5, 0.6) is 0 Å². The Kier molecular flexibility index (Phi) is 4.35. The van der Waals surface area contributed by atoms with Gasteiger partial charge in [-0.25, -0.2) is 13.2 Å². The molecule has 0 aromatic heterocycles. The van der Waals surface area contributed by atoms with E-state index in [2.05, 4.69) is 10.6 Å². The van der Waals surface area contributed by atoms with Gasteiger partial charge < -0.3 is 10.6 Å². The summed E-state index contributed by atoms with van der Waals surface area (Å²) in [7, 11) is -2.94. The Hall–Kier alpha value is -1.04. The zero-order valence-corrected chi connectivity index (χ0v) is 10.4. The van der Waals surface area contributed by atoms with Crippen molar-refractivity contribution in [3.05, 3.63) is 12.3 Å². The van der Waals surface area contributed by atoms with Crippen LogP contribution in [0.3, 0.4) is 0 Å². The molecule has 0 aliphatic carbocycles. The molecule has 1 fully saturated rings. The quantitative estimate of drug-likeness (QED) is 0.767. The lowest BCUT2D eigenvalue weighted by Crippen LogP contribution is -2.40. The highest BCUT2D eigenvalue weighted by molar-refractivity contribution is 7.91. The van der Waals surface area contributed by atoms with E-state index >= 15 is 0 Å². The molecule has 0 aromatic carbocycles. The van der Waals surface area contributed by atoms with Crippen molar-refractivity contribution in [1.29, 1.82) is 0 Å². The molecule has 0 saturated carbocycles. The predicted octanol–water partition coefficient (Wildman–Crippen LogP) is 0.642. The van der Waals surface area contributed by atoms with Gasteiger partial charge in [0.1, 0.15) is 0 Å². The number of allylic oxidation sites excluding steroid dienone is 1. The second-order valence-corrected chi connectivity index (χ2v) is 6.55. The van der Waals surface area contributed by atoms with Crippen LogP contribution in [-0.4, -0.2) is 32.0 Å². The van der Waals surface area contributed by atoms with Gasteiger partial charge in [0.05, 0.1) is 11.5 Å². The molecule has 2 amide bonds. The number of hydrogen-bond acceptors (Lipinski definition) is 3. The molecule has 1 heterocycles. The highest BCUT2D eigenvalue weighted by atomic mass is 32.2. The lowest BCUT2D eigenvalue weighted by molar-refractivity contribution is 0.241. The van der Waals surface area contributed by atoms with E-state index in [1.54, 1.807) is 6.20 Å². The van der Waals surface area contributed by atoms with E-state index in [1.807, 2.05) is 19.9 Å². The van der Waals surface area contributed by atoms with Gasteiger partial charge in [0, 0.05) is 12.2 Å². The number of urea groups is 1. The largest absolute Gasteiger partial charge is 0.334 e. The van der Waals surface area contributed by atoms with Gasteiger partial charge >= 0.3 is 6.03 Å². The van der Waals surface area contributed by atoms with Crippen molar-refractivity contribution in [2.75, 3.05) is 11.5 Å². The summed E-state index contributed by atoms with van der Waals surface area (Å²) in [5, 5.41) is 5.17. The van der Waals surface area contributed by atoms with Crippen LogP contribution in [0.2, 0.25) is 0 Å². The number of carbonyl (C=O) groups excluding carboxylic acids is 1. The van der Waals surface area contributed by atoms with E-state index in [0.29, 0.717) is 12.3 Å². The molecule has 6 heteroatoms. The number of carbonyl (C=O) groups is 1. The van der Waals surface area contributed by atoms with Crippen LogP contribution in [0, 0.1) is 5.92 Å². The Morgan fingerprint density at radius 2 is 2.12 bits per heavy atom. The maximum absolute atomic E-state index is 11.3. The van der Waals surface area contributed by atoms with Crippen molar-refractivity contribution < 1.29 is 13.2 Å². The molecule has 1 aliphatic rings. The van der Waals surface area contributed by atoms with Crippen LogP contribution in [0.1, 0.15) is 20.3 Å². The van der Waals surface area contributed by atoms with Crippen LogP contribution in [0.15, 0.2) is 12.3 Å². The predicted molar refractivity (Wildman–Crippen MR) is 62.7 cm³/mol. The van der Waals surface area contributed by atoms with Crippen LogP contribution < -0.4 is 10.6 Å². The third-order valence-corrected chi connectivity index (χ3v) is 4.03. The van der Waals surface area contributed by atoms with Gasteiger partial charge in [-0.15, -0.1) is 0 Å². The first kappa shape index (κ1) is 13.0. The van der Waals surface area contributed by atoms with Crippen molar-refractivity contribution >= 4 is 15.9 Å². The third-order valence-electron chi connectivity index (χ3n) is 2.26. The summed E-state index contributed by atoms with van der Waals surface area (Å²) in [6, 6.07) is -0.601. The smallest absolute Gasteiger partial charge is 0.318 e. The molecule has 0 aromatic rings. The Morgan fingerprint density at radius 3 is 2.62 bits per heavy atom. The molecule has 1 aliphatic heterocycles.